The summed E-state index contributed by atoms with van der Waals surface area (Å²) in [6.07, 6.45) is -9.59. The molecule has 0 unspecified atom stereocenters. The molecule has 10 heteroatoms. The van der Waals surface area contributed by atoms with Gasteiger partial charge in [-0.1, -0.05) is 15.9 Å². The van der Waals surface area contributed by atoms with Crippen molar-refractivity contribution >= 4 is 15.9 Å². The number of hydrogen-bond acceptors (Lipinski definition) is 3. The zero-order valence-electron chi connectivity index (χ0n) is 11.6. The first-order valence-corrected chi connectivity index (χ1v) is 7.43. The molecule has 1 N–H and O–H groups in total. The Morgan fingerprint density at radius 3 is 2.17 bits per heavy atom. The normalized spacial score (nSPS) is 18.7. The largest absolute Gasteiger partial charge is 0.573 e. The average molecular weight is 407 g/mol. The minimum absolute atomic E-state index is 0.0821. The molecule has 1 fully saturated rings. The molecule has 1 aliphatic heterocycles. The Balaban J connectivity index is 2.38. The number of halogens is 7. The maximum absolute atomic E-state index is 13.5. The minimum atomic E-state index is -4.97. The van der Waals surface area contributed by atoms with E-state index in [0.717, 1.165) is 18.2 Å². The number of benzene rings is 1. The first-order valence-electron chi connectivity index (χ1n) is 6.64. The number of ether oxygens (including phenoxy) is 1. The monoisotopic (exact) mass is 406 g/mol. The smallest absolute Gasteiger partial charge is 0.406 e. The summed E-state index contributed by atoms with van der Waals surface area (Å²) in [7, 11) is 0. The van der Waals surface area contributed by atoms with Gasteiger partial charge in [-0.2, -0.15) is 13.2 Å². The van der Waals surface area contributed by atoms with Crippen LogP contribution in [0.3, 0.4) is 0 Å². The van der Waals surface area contributed by atoms with Gasteiger partial charge < -0.3 is 10.1 Å². The van der Waals surface area contributed by atoms with Gasteiger partial charge in [0, 0.05) is 30.7 Å². The number of rotatable bonds is 3. The molecule has 0 aromatic heterocycles. The van der Waals surface area contributed by atoms with E-state index in [4.69, 9.17) is 0 Å². The minimum Gasteiger partial charge on any atom is -0.406 e. The van der Waals surface area contributed by atoms with Crippen molar-refractivity contribution in [1.29, 1.82) is 0 Å². The van der Waals surface area contributed by atoms with E-state index < -0.39 is 24.3 Å². The summed E-state index contributed by atoms with van der Waals surface area (Å²) >= 11 is 2.93. The van der Waals surface area contributed by atoms with Gasteiger partial charge in [-0.3, -0.25) is 4.90 Å². The van der Waals surface area contributed by atoms with Gasteiger partial charge in [0.2, 0.25) is 0 Å². The second-order valence-corrected chi connectivity index (χ2v) is 5.91. The van der Waals surface area contributed by atoms with E-state index in [0.29, 0.717) is 13.1 Å². The Hall–Kier alpha value is -1.00. The van der Waals surface area contributed by atoms with Crippen molar-refractivity contribution in [1.82, 2.24) is 10.2 Å². The molecule has 23 heavy (non-hydrogen) atoms. The van der Waals surface area contributed by atoms with Crippen LogP contribution in [0.25, 0.3) is 0 Å². The number of hydrogen-bond donors (Lipinski definition) is 1. The predicted molar refractivity (Wildman–Crippen MR) is 74.1 cm³/mol. The fourth-order valence-electron chi connectivity index (χ4n) is 2.48. The lowest BCUT2D eigenvalue weighted by molar-refractivity contribution is -0.274. The maximum Gasteiger partial charge on any atom is 0.573 e. The number of nitrogens with zero attached hydrogens (tertiary/aromatic N) is 1. The standard InChI is InChI=1S/C13H13BrF6N2O/c14-9-5-8(6-10(7-9)23-13(18,19)20)11(12(15,16)17)22-3-1-21-2-4-22/h5-7,11,21H,1-4H2/t11-/m0/s1. The van der Waals surface area contributed by atoms with Crippen molar-refractivity contribution in [2.75, 3.05) is 26.2 Å². The zero-order valence-corrected chi connectivity index (χ0v) is 13.2. The van der Waals surface area contributed by atoms with E-state index >= 15 is 0 Å². The molecule has 2 rings (SSSR count). The number of piperazine rings is 1. The molecule has 0 saturated carbocycles. The lowest BCUT2D eigenvalue weighted by Gasteiger charge is -2.36. The van der Waals surface area contributed by atoms with Gasteiger partial charge >= 0.3 is 12.5 Å². The summed E-state index contributed by atoms with van der Waals surface area (Å²) in [5, 5.41) is 2.93. The highest BCUT2D eigenvalue weighted by molar-refractivity contribution is 9.10. The highest BCUT2D eigenvalue weighted by Gasteiger charge is 2.45. The molecule has 1 heterocycles. The van der Waals surface area contributed by atoms with E-state index in [-0.39, 0.29) is 23.1 Å². The van der Waals surface area contributed by atoms with Gasteiger partial charge in [0.05, 0.1) is 0 Å². The molecule has 0 aliphatic carbocycles. The third-order valence-electron chi connectivity index (χ3n) is 3.27. The molecular formula is C13H13BrF6N2O. The van der Waals surface area contributed by atoms with Gasteiger partial charge in [-0.25, -0.2) is 0 Å². The first kappa shape index (κ1) is 18.3. The van der Waals surface area contributed by atoms with E-state index in [2.05, 4.69) is 26.0 Å². The molecule has 1 saturated heterocycles. The SMILES string of the molecule is FC(F)(F)Oc1cc(Br)cc([C@H](N2CCNCC2)C(F)(F)F)c1. The number of alkyl halides is 6. The molecule has 1 aromatic carbocycles. The van der Waals surface area contributed by atoms with E-state index in [1.54, 1.807) is 0 Å². The molecule has 0 radical (unpaired) electrons. The molecule has 0 bridgehead atoms. The Kier molecular flexibility index (Phi) is 5.47. The highest BCUT2D eigenvalue weighted by atomic mass is 79.9. The molecule has 1 atom stereocenters. The van der Waals surface area contributed by atoms with Crippen molar-refractivity contribution in [2.45, 2.75) is 18.6 Å². The summed E-state index contributed by atoms with van der Waals surface area (Å²) in [5.41, 5.74) is -0.298. The summed E-state index contributed by atoms with van der Waals surface area (Å²) < 4.78 is 81.1. The Morgan fingerprint density at radius 1 is 1.04 bits per heavy atom. The van der Waals surface area contributed by atoms with Crippen molar-refractivity contribution in [3.05, 3.63) is 28.2 Å². The van der Waals surface area contributed by atoms with Crippen LogP contribution in [0, 0.1) is 0 Å². The molecule has 3 nitrogen and oxygen atoms in total. The first-order chi connectivity index (χ1) is 10.6. The van der Waals surface area contributed by atoms with Crippen molar-refractivity contribution in [3.8, 4) is 5.75 Å². The summed E-state index contributed by atoms with van der Waals surface area (Å²) in [6.45, 7) is 1.05. The van der Waals surface area contributed by atoms with Gasteiger partial charge in [0.25, 0.3) is 0 Å². The fraction of sp³-hybridized carbons (Fsp3) is 0.538. The van der Waals surface area contributed by atoms with Crippen molar-refractivity contribution < 1.29 is 31.1 Å². The molecule has 130 valence electrons. The van der Waals surface area contributed by atoms with Crippen LogP contribution in [0.4, 0.5) is 26.3 Å². The summed E-state index contributed by atoms with van der Waals surface area (Å²) in [4.78, 5) is 1.19. The lowest BCUT2D eigenvalue weighted by atomic mass is 10.0. The van der Waals surface area contributed by atoms with Crippen LogP contribution in [0.15, 0.2) is 22.7 Å². The topological polar surface area (TPSA) is 24.5 Å². The van der Waals surface area contributed by atoms with Crippen LogP contribution < -0.4 is 10.1 Å². The van der Waals surface area contributed by atoms with E-state index in [1.807, 2.05) is 0 Å². The van der Waals surface area contributed by atoms with Gasteiger partial charge in [0.1, 0.15) is 11.8 Å². The zero-order chi connectivity index (χ0) is 17.3. The lowest BCUT2D eigenvalue weighted by Crippen LogP contribution is -2.49. The molecule has 1 aromatic rings. The van der Waals surface area contributed by atoms with Crippen molar-refractivity contribution in [2.24, 2.45) is 0 Å². The van der Waals surface area contributed by atoms with Gasteiger partial charge in [-0.15, -0.1) is 13.2 Å². The second-order valence-electron chi connectivity index (χ2n) is 5.00. The van der Waals surface area contributed by atoms with Crippen LogP contribution >= 0.6 is 15.9 Å². The molecule has 1 aliphatic rings. The van der Waals surface area contributed by atoms with Crippen molar-refractivity contribution in [3.63, 3.8) is 0 Å². The molecule has 0 amide bonds. The van der Waals surface area contributed by atoms with Crippen LogP contribution in [0.1, 0.15) is 11.6 Å². The third-order valence-corrected chi connectivity index (χ3v) is 3.73. The highest BCUT2D eigenvalue weighted by Crippen LogP contribution is 2.40. The molecular weight excluding hydrogens is 394 g/mol. The Bertz CT molecular complexity index is 542. The Morgan fingerprint density at radius 2 is 1.65 bits per heavy atom. The predicted octanol–water partition coefficient (Wildman–Crippen LogP) is 3.86. The van der Waals surface area contributed by atoms with Crippen LogP contribution in [-0.2, 0) is 0 Å². The van der Waals surface area contributed by atoms with Crippen LogP contribution in [0.2, 0.25) is 0 Å². The number of nitrogens with one attached hydrogen (secondary N) is 1. The van der Waals surface area contributed by atoms with E-state index in [9.17, 15) is 26.3 Å². The van der Waals surface area contributed by atoms with Gasteiger partial charge in [0.15, 0.2) is 0 Å². The Labute approximate surface area is 136 Å². The molecule has 0 spiro atoms. The second kappa shape index (κ2) is 6.86. The fourth-order valence-corrected chi connectivity index (χ4v) is 2.97. The summed E-state index contributed by atoms with van der Waals surface area (Å²) in [5.74, 6) is -0.689. The quantitative estimate of drug-likeness (QED) is 0.771. The van der Waals surface area contributed by atoms with Crippen LogP contribution in [-0.4, -0.2) is 43.6 Å². The maximum atomic E-state index is 13.5. The average Bonchev–Trinajstić information content (AvgIpc) is 2.35. The summed E-state index contributed by atoms with van der Waals surface area (Å²) in [6, 6.07) is 0.919. The van der Waals surface area contributed by atoms with Gasteiger partial charge in [-0.05, 0) is 23.8 Å². The third kappa shape index (κ3) is 5.25. The van der Waals surface area contributed by atoms with Crippen LogP contribution in [0.5, 0.6) is 5.75 Å². The van der Waals surface area contributed by atoms with E-state index in [1.165, 1.54) is 4.90 Å².